The minimum atomic E-state index is -3.13. The first kappa shape index (κ1) is 35.1. The number of carbonyl (C=O) groups excluding carboxylic acids is 1. The summed E-state index contributed by atoms with van der Waals surface area (Å²) in [4.78, 5) is 11.8. The molecule has 0 N–H and O–H groups in total. The second-order valence-electron chi connectivity index (χ2n) is 5.63. The van der Waals surface area contributed by atoms with Crippen LogP contribution in [0.4, 0.5) is 0 Å². The molecule has 0 aromatic carbocycles. The van der Waals surface area contributed by atoms with E-state index in [9.17, 15) is 4.79 Å². The van der Waals surface area contributed by atoms with Gasteiger partial charge in [0.2, 0.25) is 12.5 Å². The van der Waals surface area contributed by atoms with Gasteiger partial charge in [-0.25, -0.2) is 4.79 Å². The third-order valence-corrected chi connectivity index (χ3v) is 14.5. The first-order chi connectivity index (χ1) is 13.1. The number of hydrogen-bond acceptors (Lipinski definition) is 2. The van der Waals surface area contributed by atoms with Crippen LogP contribution in [0.3, 0.4) is 0 Å². The number of alkyl halides is 17. The Kier molecular flexibility index (Phi) is 12.2. The van der Waals surface area contributed by atoms with Crippen molar-refractivity contribution >= 4 is 203 Å². The van der Waals surface area contributed by atoms with Crippen LogP contribution in [0.15, 0.2) is 12.2 Å². The molecule has 0 heterocycles. The van der Waals surface area contributed by atoms with E-state index in [2.05, 4.69) is 6.58 Å². The highest BCUT2D eigenvalue weighted by Gasteiger charge is 2.81. The van der Waals surface area contributed by atoms with Crippen LogP contribution < -0.4 is 0 Å². The molecule has 0 aromatic heterocycles. The molecule has 0 bridgehead atoms. The van der Waals surface area contributed by atoms with E-state index in [1.54, 1.807) is 0 Å². The lowest BCUT2D eigenvalue weighted by Gasteiger charge is -2.53. The van der Waals surface area contributed by atoms with Crippen LogP contribution in [-0.4, -0.2) is 40.3 Å². The van der Waals surface area contributed by atoms with Crippen molar-refractivity contribution in [1.29, 1.82) is 0 Å². The maximum atomic E-state index is 11.8. The molecule has 19 heteroatoms. The molecule has 0 unspecified atom stereocenters. The number of halogens is 17. The summed E-state index contributed by atoms with van der Waals surface area (Å²) >= 11 is 103. The van der Waals surface area contributed by atoms with E-state index in [-0.39, 0.29) is 5.57 Å². The van der Waals surface area contributed by atoms with Crippen LogP contribution >= 0.6 is 197 Å². The third kappa shape index (κ3) is 6.08. The van der Waals surface area contributed by atoms with Crippen LogP contribution in [0.1, 0.15) is 6.92 Å². The summed E-state index contributed by atoms with van der Waals surface area (Å²) in [5.74, 6) is -1.17. The summed E-state index contributed by atoms with van der Waals surface area (Å²) in [6.07, 6.45) is 0. The number of ether oxygens (including phenoxy) is 1. The highest BCUT2D eigenvalue weighted by Crippen LogP contribution is 2.72. The van der Waals surface area contributed by atoms with Gasteiger partial charge in [0.05, 0.1) is 0 Å². The van der Waals surface area contributed by atoms with E-state index in [4.69, 9.17) is 202 Å². The Balaban J connectivity index is 6.69. The number of hydrogen-bond donors (Lipinski definition) is 0. The number of esters is 1. The van der Waals surface area contributed by atoms with E-state index in [1.165, 1.54) is 6.92 Å². The summed E-state index contributed by atoms with van der Waals surface area (Å²) in [6, 6.07) is 0. The highest BCUT2D eigenvalue weighted by atomic mass is 35.6. The number of carbonyl (C=O) groups is 1. The summed E-state index contributed by atoms with van der Waals surface area (Å²) in [6.45, 7) is 4.56. The third-order valence-electron chi connectivity index (χ3n) is 3.26. The molecule has 184 valence electrons. The molecule has 0 aliphatic heterocycles. The fourth-order valence-electron chi connectivity index (χ4n) is 1.42. The van der Waals surface area contributed by atoms with Gasteiger partial charge in [0.1, 0.15) is 0 Å². The van der Waals surface area contributed by atoms with Crippen molar-refractivity contribution in [3.05, 3.63) is 12.2 Å². The van der Waals surface area contributed by atoms with Crippen molar-refractivity contribution in [1.82, 2.24) is 0 Å². The van der Waals surface area contributed by atoms with E-state index in [0.717, 1.165) is 0 Å². The van der Waals surface area contributed by atoms with Gasteiger partial charge in [-0.2, -0.15) is 0 Å². The molecule has 0 fully saturated rings. The average molecular weight is 784 g/mol. The fraction of sp³-hybridized carbons (Fsp3) is 0.750. The lowest BCUT2D eigenvalue weighted by atomic mass is 10.0. The zero-order chi connectivity index (χ0) is 25.9. The highest BCUT2D eigenvalue weighted by molar-refractivity contribution is 6.83. The van der Waals surface area contributed by atoms with E-state index < -0.39 is 40.3 Å². The smallest absolute Gasteiger partial charge is 0.335 e. The van der Waals surface area contributed by atoms with Crippen molar-refractivity contribution in [3.8, 4) is 0 Å². The van der Waals surface area contributed by atoms with Crippen molar-refractivity contribution < 1.29 is 9.53 Å². The lowest BCUT2D eigenvalue weighted by molar-refractivity contribution is -0.143. The van der Waals surface area contributed by atoms with Gasteiger partial charge >= 0.3 is 5.97 Å². The van der Waals surface area contributed by atoms with Crippen LogP contribution in [0.2, 0.25) is 0 Å². The Morgan fingerprint density at radius 2 is 0.806 bits per heavy atom. The standard InChI is InChI=1S/C12H5Cl17O2/c1-3(2)4(30)31-12(28,29)10(23,24)8(19,20)6(15,16)5(13,14)7(17,18)9(21,22)11(25,26)27/h1H2,2H3. The summed E-state index contributed by atoms with van der Waals surface area (Å²) < 4.78 is -19.1. The van der Waals surface area contributed by atoms with Crippen molar-refractivity contribution in [2.24, 2.45) is 0 Å². The maximum absolute atomic E-state index is 11.8. The fourth-order valence-corrected chi connectivity index (χ4v) is 6.42. The summed E-state index contributed by atoms with van der Waals surface area (Å²) in [5.41, 5.74) is -0.172. The Hall–Kier alpha value is 4.14. The molecule has 0 aliphatic rings. The zero-order valence-corrected chi connectivity index (χ0v) is 26.8. The average Bonchev–Trinajstić information content (AvgIpc) is 2.51. The molecule has 0 amide bonds. The quantitative estimate of drug-likeness (QED) is 0.139. The van der Waals surface area contributed by atoms with Gasteiger partial charge in [-0.05, 0) is 6.92 Å². The molecule has 0 spiro atoms. The molecule has 0 aliphatic carbocycles. The van der Waals surface area contributed by atoms with Gasteiger partial charge in [0.15, 0.2) is 17.3 Å². The Bertz CT molecular complexity index is 717. The predicted molar refractivity (Wildman–Crippen MR) is 142 cm³/mol. The molecule has 0 atom stereocenters. The normalized spacial score (nSPS) is 15.7. The van der Waals surface area contributed by atoms with Crippen molar-refractivity contribution in [2.75, 3.05) is 0 Å². The van der Waals surface area contributed by atoms with Gasteiger partial charge in [-0.15, -0.1) is 0 Å². The molecule has 2 nitrogen and oxygen atoms in total. The molecule has 0 rings (SSSR count). The monoisotopic (exact) mass is 775 g/mol. The molecule has 31 heavy (non-hydrogen) atoms. The van der Waals surface area contributed by atoms with E-state index in [0.29, 0.717) is 0 Å². The maximum Gasteiger partial charge on any atom is 0.335 e. The first-order valence-corrected chi connectivity index (χ1v) is 13.1. The lowest BCUT2D eigenvalue weighted by Crippen LogP contribution is -2.70. The summed E-state index contributed by atoms with van der Waals surface area (Å²) in [7, 11) is 0. The largest absolute Gasteiger partial charge is 0.422 e. The van der Waals surface area contributed by atoms with Crippen molar-refractivity contribution in [2.45, 2.75) is 41.2 Å². The SMILES string of the molecule is C=C(C)C(=O)OC(Cl)(Cl)C(Cl)(Cl)C(Cl)(Cl)C(Cl)(Cl)C(Cl)(Cl)C(Cl)(Cl)C(Cl)(Cl)C(Cl)(Cl)Cl. The van der Waals surface area contributed by atoms with Gasteiger partial charge in [0.25, 0.3) is 4.52 Å². The molecule has 0 aromatic rings. The molecule has 0 radical (unpaired) electrons. The minimum Gasteiger partial charge on any atom is -0.422 e. The molecule has 0 saturated carbocycles. The van der Waals surface area contributed by atoms with Crippen LogP contribution in [-0.2, 0) is 9.53 Å². The summed E-state index contributed by atoms with van der Waals surface area (Å²) in [5, 5.41) is 0. The van der Waals surface area contributed by atoms with Crippen LogP contribution in [0.25, 0.3) is 0 Å². The second kappa shape index (κ2) is 10.7. The Labute approximate surface area is 262 Å². The van der Waals surface area contributed by atoms with Gasteiger partial charge in [-0.1, -0.05) is 204 Å². The number of rotatable bonds is 8. The molecule has 0 saturated heterocycles. The molecular formula is C12H5Cl17O2. The predicted octanol–water partition coefficient (Wildman–Crippen LogP) is 10.7. The van der Waals surface area contributed by atoms with E-state index in [1.807, 2.05) is 0 Å². The second-order valence-corrected chi connectivity index (χ2v) is 17.1. The van der Waals surface area contributed by atoms with E-state index >= 15 is 0 Å². The Morgan fingerprint density at radius 1 is 0.548 bits per heavy atom. The van der Waals surface area contributed by atoms with Crippen molar-refractivity contribution in [3.63, 3.8) is 0 Å². The van der Waals surface area contributed by atoms with Gasteiger partial charge in [-0.3, -0.25) is 0 Å². The van der Waals surface area contributed by atoms with Crippen LogP contribution in [0.5, 0.6) is 0 Å². The zero-order valence-electron chi connectivity index (χ0n) is 13.9. The van der Waals surface area contributed by atoms with Crippen LogP contribution in [0, 0.1) is 0 Å². The minimum absolute atomic E-state index is 0.172. The molecular weight excluding hydrogens is 779 g/mol. The first-order valence-electron chi connectivity index (χ1n) is 6.68. The van der Waals surface area contributed by atoms with Gasteiger partial charge < -0.3 is 4.74 Å². The Morgan fingerprint density at radius 3 is 1.06 bits per heavy atom. The van der Waals surface area contributed by atoms with Gasteiger partial charge in [0, 0.05) is 5.57 Å². The topological polar surface area (TPSA) is 26.3 Å².